The van der Waals surface area contributed by atoms with Gasteiger partial charge in [-0.3, -0.25) is 4.79 Å². The highest BCUT2D eigenvalue weighted by molar-refractivity contribution is 5.76. The predicted octanol–water partition coefficient (Wildman–Crippen LogP) is 11.2. The number of rotatable bonds is 32. The summed E-state index contributed by atoms with van der Waals surface area (Å²) in [4.78, 5) is 12.2. The number of aliphatic hydroxyl groups is 2. The van der Waals surface area contributed by atoms with Gasteiger partial charge in [0.2, 0.25) is 5.91 Å². The summed E-state index contributed by atoms with van der Waals surface area (Å²) in [6.07, 6.45) is 51.5. The van der Waals surface area contributed by atoms with Crippen molar-refractivity contribution in [3.05, 3.63) is 72.9 Å². The van der Waals surface area contributed by atoms with Crippen LogP contribution in [0.2, 0.25) is 0 Å². The van der Waals surface area contributed by atoms with Crippen LogP contribution in [0.15, 0.2) is 72.9 Å². The zero-order chi connectivity index (χ0) is 32.9. The molecule has 45 heavy (non-hydrogen) atoms. The zero-order valence-corrected chi connectivity index (χ0v) is 29.4. The molecule has 0 rings (SSSR count). The molecule has 0 saturated carbocycles. The first-order valence-corrected chi connectivity index (χ1v) is 18.7. The Morgan fingerprint density at radius 1 is 0.556 bits per heavy atom. The standard InChI is InChI=1S/C41H71NO3/c1-3-5-7-9-11-13-15-17-18-19-20-21-22-23-25-26-28-30-32-34-36-40(44)39(38-43)42-41(45)37-35-33-31-29-27-24-16-14-12-10-8-6-4-2/h6,8,12,14,24,26-28,31,33-34,36,39-40,43-44H,3-5,7,9-11,13,15-23,25,29-30,32,35,37-38H2,1-2H3,(H,42,45)/b8-6-,14-12-,27-24-,28-26+,33-31-,36-34+. The lowest BCUT2D eigenvalue weighted by Crippen LogP contribution is -2.45. The van der Waals surface area contributed by atoms with Crippen molar-refractivity contribution in [1.82, 2.24) is 5.32 Å². The van der Waals surface area contributed by atoms with Crippen LogP contribution >= 0.6 is 0 Å². The predicted molar refractivity (Wildman–Crippen MR) is 197 cm³/mol. The Hall–Kier alpha value is -2.17. The molecule has 0 heterocycles. The number of carbonyl (C=O) groups excluding carboxylic acids is 1. The molecule has 2 unspecified atom stereocenters. The molecule has 0 saturated heterocycles. The Labute approximate surface area is 278 Å². The van der Waals surface area contributed by atoms with E-state index >= 15 is 0 Å². The molecule has 0 radical (unpaired) electrons. The summed E-state index contributed by atoms with van der Waals surface area (Å²) in [5, 5.41) is 22.8. The van der Waals surface area contributed by atoms with Crippen molar-refractivity contribution >= 4 is 5.91 Å². The first-order chi connectivity index (χ1) is 22.2. The smallest absolute Gasteiger partial charge is 0.220 e. The zero-order valence-electron chi connectivity index (χ0n) is 29.4. The molecule has 2 atom stereocenters. The highest BCUT2D eigenvalue weighted by Crippen LogP contribution is 2.13. The summed E-state index contributed by atoms with van der Waals surface area (Å²) in [6.45, 7) is 4.13. The average Bonchev–Trinajstić information content (AvgIpc) is 3.04. The molecule has 0 bridgehead atoms. The minimum Gasteiger partial charge on any atom is -0.394 e. The number of hydrogen-bond acceptors (Lipinski definition) is 3. The van der Waals surface area contributed by atoms with E-state index in [1.165, 1.54) is 89.9 Å². The Bertz CT molecular complexity index is 808. The number of hydrogen-bond donors (Lipinski definition) is 3. The molecule has 0 aromatic carbocycles. The monoisotopic (exact) mass is 626 g/mol. The first kappa shape index (κ1) is 42.8. The number of carbonyl (C=O) groups is 1. The van der Waals surface area contributed by atoms with Crippen molar-refractivity contribution in [2.75, 3.05) is 6.61 Å². The van der Waals surface area contributed by atoms with Gasteiger partial charge in [-0.15, -0.1) is 0 Å². The van der Waals surface area contributed by atoms with E-state index < -0.39 is 12.1 Å². The third-order valence-electron chi connectivity index (χ3n) is 7.94. The fourth-order valence-electron chi connectivity index (χ4n) is 5.08. The number of allylic oxidation sites excluding steroid dienone is 11. The number of nitrogens with one attached hydrogen (secondary N) is 1. The van der Waals surface area contributed by atoms with E-state index in [-0.39, 0.29) is 12.5 Å². The second-order valence-corrected chi connectivity index (χ2v) is 12.2. The summed E-state index contributed by atoms with van der Waals surface area (Å²) in [5.41, 5.74) is 0. The summed E-state index contributed by atoms with van der Waals surface area (Å²) in [5.74, 6) is -0.157. The third-order valence-corrected chi connectivity index (χ3v) is 7.94. The molecule has 0 aliphatic rings. The van der Waals surface area contributed by atoms with Gasteiger partial charge < -0.3 is 15.5 Å². The molecule has 4 heteroatoms. The van der Waals surface area contributed by atoms with Crippen LogP contribution in [-0.4, -0.2) is 34.9 Å². The van der Waals surface area contributed by atoms with E-state index in [0.29, 0.717) is 12.8 Å². The SMILES string of the molecule is CC/C=C\C/C=C\C/C=C\C/C=C\CCC(=O)NC(CO)C(O)/C=C/CC/C=C/CCCCCCCCCCCCCCCC. The number of unbranched alkanes of at least 4 members (excludes halogenated alkanes) is 15. The highest BCUT2D eigenvalue weighted by Gasteiger charge is 2.17. The minimum atomic E-state index is -0.893. The normalized spacial score (nSPS) is 14.0. The lowest BCUT2D eigenvalue weighted by Gasteiger charge is -2.19. The molecule has 4 nitrogen and oxygen atoms in total. The van der Waals surface area contributed by atoms with Gasteiger partial charge in [-0.1, -0.05) is 170 Å². The van der Waals surface area contributed by atoms with Crippen LogP contribution < -0.4 is 5.32 Å². The molecule has 0 aliphatic heterocycles. The largest absolute Gasteiger partial charge is 0.394 e. The Morgan fingerprint density at radius 2 is 1.00 bits per heavy atom. The molecule has 3 N–H and O–H groups in total. The fourth-order valence-corrected chi connectivity index (χ4v) is 5.08. The van der Waals surface area contributed by atoms with E-state index in [4.69, 9.17) is 0 Å². The van der Waals surface area contributed by atoms with Crippen molar-refractivity contribution in [1.29, 1.82) is 0 Å². The van der Waals surface area contributed by atoms with Gasteiger partial charge in [0.15, 0.2) is 0 Å². The van der Waals surface area contributed by atoms with Crippen molar-refractivity contribution in [3.63, 3.8) is 0 Å². The summed E-state index contributed by atoms with van der Waals surface area (Å²) >= 11 is 0. The maximum absolute atomic E-state index is 12.2. The number of amides is 1. The average molecular weight is 626 g/mol. The van der Waals surface area contributed by atoms with Gasteiger partial charge in [0.05, 0.1) is 18.8 Å². The maximum atomic E-state index is 12.2. The molecule has 1 amide bonds. The Kier molecular flexibility index (Phi) is 34.5. The first-order valence-electron chi connectivity index (χ1n) is 18.7. The molecule has 258 valence electrons. The highest BCUT2D eigenvalue weighted by atomic mass is 16.3. The second kappa shape index (κ2) is 36.3. The van der Waals surface area contributed by atoms with Crippen LogP contribution in [0.5, 0.6) is 0 Å². The van der Waals surface area contributed by atoms with Crippen LogP contribution in [0.3, 0.4) is 0 Å². The molecular weight excluding hydrogens is 554 g/mol. The molecule has 0 aliphatic carbocycles. The van der Waals surface area contributed by atoms with Gasteiger partial charge in [-0.2, -0.15) is 0 Å². The topological polar surface area (TPSA) is 69.6 Å². The number of aliphatic hydroxyl groups excluding tert-OH is 2. The molecule has 0 spiro atoms. The van der Waals surface area contributed by atoms with E-state index in [0.717, 1.165) is 44.9 Å². The third kappa shape index (κ3) is 33.0. The summed E-state index contributed by atoms with van der Waals surface area (Å²) in [6, 6.07) is -0.679. The van der Waals surface area contributed by atoms with Crippen LogP contribution in [-0.2, 0) is 4.79 Å². The minimum absolute atomic E-state index is 0.157. The lowest BCUT2D eigenvalue weighted by atomic mass is 10.0. The summed E-state index contributed by atoms with van der Waals surface area (Å²) in [7, 11) is 0. The molecule has 0 aromatic heterocycles. The maximum Gasteiger partial charge on any atom is 0.220 e. The van der Waals surface area contributed by atoms with E-state index in [1.807, 2.05) is 12.2 Å². The van der Waals surface area contributed by atoms with Crippen molar-refractivity contribution in [2.45, 2.75) is 174 Å². The molecule has 0 fully saturated rings. The van der Waals surface area contributed by atoms with Gasteiger partial charge in [0.1, 0.15) is 0 Å². The van der Waals surface area contributed by atoms with Crippen LogP contribution in [0, 0.1) is 0 Å². The van der Waals surface area contributed by atoms with Gasteiger partial charge >= 0.3 is 0 Å². The van der Waals surface area contributed by atoms with Gasteiger partial charge in [0.25, 0.3) is 0 Å². The van der Waals surface area contributed by atoms with Gasteiger partial charge in [0, 0.05) is 6.42 Å². The molecular formula is C41H71NO3. The second-order valence-electron chi connectivity index (χ2n) is 12.2. The molecule has 0 aromatic rings. The van der Waals surface area contributed by atoms with Crippen molar-refractivity contribution in [3.8, 4) is 0 Å². The lowest BCUT2D eigenvalue weighted by molar-refractivity contribution is -0.122. The fraction of sp³-hybridized carbons (Fsp3) is 0.683. The van der Waals surface area contributed by atoms with Crippen LogP contribution in [0.25, 0.3) is 0 Å². The van der Waals surface area contributed by atoms with Crippen molar-refractivity contribution < 1.29 is 15.0 Å². The van der Waals surface area contributed by atoms with E-state index in [9.17, 15) is 15.0 Å². The quantitative estimate of drug-likeness (QED) is 0.0514. The van der Waals surface area contributed by atoms with Gasteiger partial charge in [-0.25, -0.2) is 0 Å². The van der Waals surface area contributed by atoms with Crippen molar-refractivity contribution in [2.24, 2.45) is 0 Å². The van der Waals surface area contributed by atoms with E-state index in [1.54, 1.807) is 6.08 Å². The van der Waals surface area contributed by atoms with Crippen LogP contribution in [0.4, 0.5) is 0 Å². The summed E-state index contributed by atoms with van der Waals surface area (Å²) < 4.78 is 0. The van der Waals surface area contributed by atoms with E-state index in [2.05, 4.69) is 73.8 Å². The van der Waals surface area contributed by atoms with Gasteiger partial charge in [-0.05, 0) is 57.8 Å². The Balaban J connectivity index is 3.76. The van der Waals surface area contributed by atoms with Crippen LogP contribution in [0.1, 0.15) is 162 Å². The Morgan fingerprint density at radius 3 is 1.53 bits per heavy atom.